The summed E-state index contributed by atoms with van der Waals surface area (Å²) in [6.45, 7) is 8.24. The predicted octanol–water partition coefficient (Wildman–Crippen LogP) is 3.78. The predicted molar refractivity (Wildman–Crippen MR) is 107 cm³/mol. The van der Waals surface area contributed by atoms with Crippen molar-refractivity contribution in [2.75, 3.05) is 5.73 Å². The van der Waals surface area contributed by atoms with Crippen LogP contribution >= 0.6 is 0 Å². The van der Waals surface area contributed by atoms with Crippen molar-refractivity contribution >= 4 is 29.3 Å². The molecule has 1 fully saturated rings. The molecule has 1 aliphatic heterocycles. The number of pyridine rings is 1. The summed E-state index contributed by atoms with van der Waals surface area (Å²) in [5.74, 6) is 0.534. The zero-order valence-corrected chi connectivity index (χ0v) is 15.6. The first-order chi connectivity index (χ1) is 12.3. The van der Waals surface area contributed by atoms with Gasteiger partial charge in [0.2, 0.25) is 0 Å². The lowest BCUT2D eigenvalue weighted by Crippen LogP contribution is -2.41. The van der Waals surface area contributed by atoms with Gasteiger partial charge in [0.25, 0.3) is 0 Å². The summed E-state index contributed by atoms with van der Waals surface area (Å²) in [5.41, 5.74) is 9.31. The third kappa shape index (κ3) is 2.77. The Labute approximate surface area is 154 Å². The molecule has 0 spiro atoms. The van der Waals surface area contributed by atoms with Gasteiger partial charge in [-0.05, 0) is 50.9 Å². The Morgan fingerprint density at radius 1 is 0.885 bits per heavy atom. The lowest BCUT2D eigenvalue weighted by molar-refractivity contribution is 0.00578. The lowest BCUT2D eigenvalue weighted by atomic mass is 9.78. The molecular weight excluding hydrogens is 323 g/mol. The standard InChI is InChI=1S/C21H23BN2O2/c1-20(2)21(3,4)26-22(25-20)16-10-11-18-15(12-16)13-17(19(23)24-18)14-8-6-5-7-9-14/h5-13H,1-4H3,(H2,23,24). The van der Waals surface area contributed by atoms with Crippen LogP contribution in [0, 0.1) is 0 Å². The molecule has 0 amide bonds. The van der Waals surface area contributed by atoms with E-state index in [0.717, 1.165) is 27.5 Å². The molecule has 0 radical (unpaired) electrons. The molecule has 2 N–H and O–H groups in total. The fourth-order valence-electron chi connectivity index (χ4n) is 3.18. The summed E-state index contributed by atoms with van der Waals surface area (Å²) in [6, 6.07) is 18.2. The highest BCUT2D eigenvalue weighted by Crippen LogP contribution is 2.36. The molecule has 0 bridgehead atoms. The van der Waals surface area contributed by atoms with Crippen molar-refractivity contribution in [3.05, 3.63) is 54.6 Å². The minimum atomic E-state index is -0.387. The number of anilines is 1. The Bertz CT molecular complexity index is 954. The molecule has 1 saturated heterocycles. The number of nitrogens with zero attached hydrogens (tertiary/aromatic N) is 1. The van der Waals surface area contributed by atoms with E-state index in [1.807, 2.05) is 42.5 Å². The molecule has 4 rings (SSSR count). The molecule has 2 aromatic carbocycles. The van der Waals surface area contributed by atoms with E-state index in [0.29, 0.717) is 5.82 Å². The summed E-state index contributed by atoms with van der Waals surface area (Å²) < 4.78 is 12.3. The minimum absolute atomic E-state index is 0.360. The van der Waals surface area contributed by atoms with Crippen LogP contribution in [0.3, 0.4) is 0 Å². The van der Waals surface area contributed by atoms with E-state index < -0.39 is 0 Å². The van der Waals surface area contributed by atoms with Crippen molar-refractivity contribution in [2.24, 2.45) is 0 Å². The normalized spacial score (nSPS) is 18.4. The molecule has 132 valence electrons. The van der Waals surface area contributed by atoms with Gasteiger partial charge in [-0.15, -0.1) is 0 Å². The second kappa shape index (κ2) is 5.83. The lowest BCUT2D eigenvalue weighted by Gasteiger charge is -2.32. The number of hydrogen-bond donors (Lipinski definition) is 1. The number of fused-ring (bicyclic) bond motifs is 1. The van der Waals surface area contributed by atoms with Crippen molar-refractivity contribution < 1.29 is 9.31 Å². The van der Waals surface area contributed by atoms with Crippen LogP contribution in [0.5, 0.6) is 0 Å². The van der Waals surface area contributed by atoms with Crippen molar-refractivity contribution in [2.45, 2.75) is 38.9 Å². The zero-order valence-electron chi connectivity index (χ0n) is 15.6. The number of rotatable bonds is 2. The first-order valence-corrected chi connectivity index (χ1v) is 8.88. The average Bonchev–Trinajstić information content (AvgIpc) is 2.82. The van der Waals surface area contributed by atoms with E-state index >= 15 is 0 Å². The summed E-state index contributed by atoms with van der Waals surface area (Å²) >= 11 is 0. The van der Waals surface area contributed by atoms with Gasteiger partial charge in [0.15, 0.2) is 0 Å². The second-order valence-electron chi connectivity index (χ2n) is 7.83. The third-order valence-corrected chi connectivity index (χ3v) is 5.48. The van der Waals surface area contributed by atoms with E-state index in [1.165, 1.54) is 0 Å². The first kappa shape index (κ1) is 17.1. The number of aromatic nitrogens is 1. The monoisotopic (exact) mass is 346 g/mol. The van der Waals surface area contributed by atoms with Crippen LogP contribution in [0.2, 0.25) is 0 Å². The Balaban J connectivity index is 1.77. The van der Waals surface area contributed by atoms with Crippen LogP contribution in [-0.2, 0) is 9.31 Å². The van der Waals surface area contributed by atoms with Crippen LogP contribution in [0.1, 0.15) is 27.7 Å². The fourth-order valence-corrected chi connectivity index (χ4v) is 3.18. The van der Waals surface area contributed by atoms with Crippen LogP contribution in [0.15, 0.2) is 54.6 Å². The third-order valence-electron chi connectivity index (χ3n) is 5.48. The van der Waals surface area contributed by atoms with Gasteiger partial charge in [-0.1, -0.05) is 42.5 Å². The van der Waals surface area contributed by atoms with Crippen molar-refractivity contribution in [3.63, 3.8) is 0 Å². The highest BCUT2D eigenvalue weighted by molar-refractivity contribution is 6.62. The molecule has 26 heavy (non-hydrogen) atoms. The van der Waals surface area contributed by atoms with E-state index in [4.69, 9.17) is 15.0 Å². The molecule has 0 atom stereocenters. The molecule has 2 heterocycles. The topological polar surface area (TPSA) is 57.4 Å². The van der Waals surface area contributed by atoms with Gasteiger partial charge in [0.1, 0.15) is 5.82 Å². The second-order valence-corrected chi connectivity index (χ2v) is 7.83. The number of hydrogen-bond acceptors (Lipinski definition) is 4. The van der Waals surface area contributed by atoms with Crippen molar-refractivity contribution in [1.29, 1.82) is 0 Å². The molecule has 0 saturated carbocycles. The maximum Gasteiger partial charge on any atom is 0.494 e. The molecule has 0 aliphatic carbocycles. The highest BCUT2D eigenvalue weighted by atomic mass is 16.7. The molecule has 4 nitrogen and oxygen atoms in total. The largest absolute Gasteiger partial charge is 0.494 e. The molecular formula is C21H23BN2O2. The Kier molecular flexibility index (Phi) is 3.83. The first-order valence-electron chi connectivity index (χ1n) is 8.88. The van der Waals surface area contributed by atoms with E-state index in [-0.39, 0.29) is 18.3 Å². The number of nitrogen functional groups attached to an aromatic ring is 1. The quantitative estimate of drug-likeness (QED) is 0.718. The van der Waals surface area contributed by atoms with Gasteiger partial charge in [-0.25, -0.2) is 4.98 Å². The van der Waals surface area contributed by atoms with E-state index in [2.05, 4.69) is 44.8 Å². The number of nitrogens with two attached hydrogens (primary N) is 1. The maximum atomic E-state index is 6.19. The van der Waals surface area contributed by atoms with Gasteiger partial charge in [0.05, 0.1) is 16.7 Å². The Hall–Kier alpha value is -2.37. The SMILES string of the molecule is CC1(C)OB(c2ccc3nc(N)c(-c4ccccc4)cc3c2)OC1(C)C. The van der Waals surface area contributed by atoms with E-state index in [1.54, 1.807) is 0 Å². The zero-order chi connectivity index (χ0) is 18.5. The molecule has 1 aliphatic rings. The van der Waals surface area contributed by atoms with Crippen LogP contribution in [-0.4, -0.2) is 23.3 Å². The average molecular weight is 346 g/mol. The Morgan fingerprint density at radius 3 is 2.19 bits per heavy atom. The van der Waals surface area contributed by atoms with Crippen LogP contribution in [0.25, 0.3) is 22.0 Å². The smallest absolute Gasteiger partial charge is 0.399 e. The molecule has 0 unspecified atom stereocenters. The molecule has 3 aromatic rings. The van der Waals surface area contributed by atoms with Crippen molar-refractivity contribution in [1.82, 2.24) is 4.98 Å². The minimum Gasteiger partial charge on any atom is -0.399 e. The van der Waals surface area contributed by atoms with Gasteiger partial charge in [-0.3, -0.25) is 0 Å². The van der Waals surface area contributed by atoms with Crippen LogP contribution < -0.4 is 11.2 Å². The van der Waals surface area contributed by atoms with Gasteiger partial charge in [-0.2, -0.15) is 0 Å². The summed E-state index contributed by atoms with van der Waals surface area (Å²) in [6.07, 6.45) is 0. The van der Waals surface area contributed by atoms with Crippen molar-refractivity contribution in [3.8, 4) is 11.1 Å². The molecule has 1 aromatic heterocycles. The van der Waals surface area contributed by atoms with E-state index in [9.17, 15) is 0 Å². The van der Waals surface area contributed by atoms with Crippen LogP contribution in [0.4, 0.5) is 5.82 Å². The summed E-state index contributed by atoms with van der Waals surface area (Å²) in [5, 5.41) is 1.02. The summed E-state index contributed by atoms with van der Waals surface area (Å²) in [4.78, 5) is 4.57. The molecule has 5 heteroatoms. The summed E-state index contributed by atoms with van der Waals surface area (Å²) in [7, 11) is -0.387. The number of benzene rings is 2. The van der Waals surface area contributed by atoms with Gasteiger partial charge < -0.3 is 15.0 Å². The maximum absolute atomic E-state index is 6.19. The highest BCUT2D eigenvalue weighted by Gasteiger charge is 2.51. The Morgan fingerprint density at radius 2 is 1.54 bits per heavy atom. The van der Waals surface area contributed by atoms with Gasteiger partial charge in [0, 0.05) is 10.9 Å². The fraction of sp³-hybridized carbons (Fsp3) is 0.286. The van der Waals surface area contributed by atoms with Gasteiger partial charge >= 0.3 is 7.12 Å².